The van der Waals surface area contributed by atoms with E-state index in [2.05, 4.69) is 4.98 Å². The zero-order chi connectivity index (χ0) is 15.1. The van der Waals surface area contributed by atoms with Gasteiger partial charge in [-0.3, -0.25) is 9.78 Å². The molecule has 1 aromatic heterocycles. The smallest absolute Gasteiger partial charge is 0.316 e. The molecule has 0 aliphatic carbocycles. The normalized spacial score (nSPS) is 11.5. The molecule has 21 heavy (non-hydrogen) atoms. The molecule has 0 bridgehead atoms. The van der Waals surface area contributed by atoms with Gasteiger partial charge in [0.25, 0.3) is 0 Å². The molecule has 0 amide bonds. The number of methoxy groups -OCH3 is 2. The van der Waals surface area contributed by atoms with Crippen molar-refractivity contribution in [3.63, 3.8) is 0 Å². The predicted molar refractivity (Wildman–Crippen MR) is 77.5 cm³/mol. The van der Waals surface area contributed by atoms with Crippen LogP contribution in [-0.2, 0) is 9.53 Å². The monoisotopic (exact) mass is 287 g/mol. The van der Waals surface area contributed by atoms with Crippen LogP contribution >= 0.6 is 0 Å². The average molecular weight is 287 g/mol. The standard InChI is InChI=1S/C16H17NO4/c1-19-14-5-3-4-6-15(14)21-11-13(16(18)20-2)12-7-9-17-10-8-12/h3-10,13H,11H2,1-2H3. The molecule has 0 aliphatic heterocycles. The Morgan fingerprint density at radius 2 is 1.76 bits per heavy atom. The Kier molecular flexibility index (Phi) is 5.15. The minimum atomic E-state index is -0.511. The first-order valence-electron chi connectivity index (χ1n) is 6.50. The van der Waals surface area contributed by atoms with E-state index < -0.39 is 5.92 Å². The summed E-state index contributed by atoms with van der Waals surface area (Å²) in [7, 11) is 2.93. The second-order valence-corrected chi connectivity index (χ2v) is 4.32. The van der Waals surface area contributed by atoms with Crippen LogP contribution in [0.4, 0.5) is 0 Å². The molecule has 2 aromatic rings. The summed E-state index contributed by atoms with van der Waals surface area (Å²) in [5, 5.41) is 0. The van der Waals surface area contributed by atoms with E-state index in [1.54, 1.807) is 43.8 Å². The van der Waals surface area contributed by atoms with Gasteiger partial charge in [-0.15, -0.1) is 0 Å². The first-order chi connectivity index (χ1) is 10.3. The number of para-hydroxylation sites is 2. The van der Waals surface area contributed by atoms with Gasteiger partial charge >= 0.3 is 5.97 Å². The summed E-state index contributed by atoms with van der Waals surface area (Å²) in [4.78, 5) is 15.9. The molecule has 1 atom stereocenters. The van der Waals surface area contributed by atoms with E-state index in [1.165, 1.54) is 7.11 Å². The number of rotatable bonds is 6. The molecule has 5 nitrogen and oxygen atoms in total. The van der Waals surface area contributed by atoms with E-state index in [0.717, 1.165) is 5.56 Å². The fourth-order valence-corrected chi connectivity index (χ4v) is 1.95. The zero-order valence-corrected chi connectivity index (χ0v) is 12.0. The van der Waals surface area contributed by atoms with Gasteiger partial charge in [-0.25, -0.2) is 0 Å². The highest BCUT2D eigenvalue weighted by Crippen LogP contribution is 2.27. The molecular weight excluding hydrogens is 270 g/mol. The van der Waals surface area contributed by atoms with Crippen molar-refractivity contribution in [2.45, 2.75) is 5.92 Å². The van der Waals surface area contributed by atoms with Crippen LogP contribution < -0.4 is 9.47 Å². The third-order valence-corrected chi connectivity index (χ3v) is 3.07. The number of nitrogens with zero attached hydrogens (tertiary/aromatic N) is 1. The van der Waals surface area contributed by atoms with E-state index in [1.807, 2.05) is 12.1 Å². The minimum absolute atomic E-state index is 0.164. The molecule has 0 aliphatic rings. The van der Waals surface area contributed by atoms with Crippen molar-refractivity contribution in [2.24, 2.45) is 0 Å². The highest BCUT2D eigenvalue weighted by atomic mass is 16.5. The molecule has 1 heterocycles. The first-order valence-corrected chi connectivity index (χ1v) is 6.50. The highest BCUT2D eigenvalue weighted by Gasteiger charge is 2.22. The molecule has 0 radical (unpaired) electrons. The number of hydrogen-bond donors (Lipinski definition) is 0. The molecule has 0 N–H and O–H groups in total. The summed E-state index contributed by atoms with van der Waals surface area (Å²) in [6.45, 7) is 0.164. The van der Waals surface area contributed by atoms with E-state index >= 15 is 0 Å². The van der Waals surface area contributed by atoms with E-state index in [4.69, 9.17) is 14.2 Å². The highest BCUT2D eigenvalue weighted by molar-refractivity contribution is 5.78. The average Bonchev–Trinajstić information content (AvgIpc) is 2.56. The van der Waals surface area contributed by atoms with Crippen LogP contribution in [0, 0.1) is 0 Å². The topological polar surface area (TPSA) is 57.7 Å². The van der Waals surface area contributed by atoms with Crippen molar-refractivity contribution < 1.29 is 19.0 Å². The summed E-state index contributed by atoms with van der Waals surface area (Å²) in [5.41, 5.74) is 0.798. The van der Waals surface area contributed by atoms with Gasteiger partial charge in [0.15, 0.2) is 11.5 Å². The van der Waals surface area contributed by atoms with Crippen molar-refractivity contribution in [3.8, 4) is 11.5 Å². The molecule has 0 saturated heterocycles. The molecule has 2 rings (SSSR count). The van der Waals surface area contributed by atoms with Gasteiger partial charge in [-0.1, -0.05) is 12.1 Å². The Hall–Kier alpha value is -2.56. The Bertz CT molecular complexity index is 586. The summed E-state index contributed by atoms with van der Waals surface area (Å²) in [6, 6.07) is 10.8. The quantitative estimate of drug-likeness (QED) is 0.764. The van der Waals surface area contributed by atoms with Crippen molar-refractivity contribution in [1.29, 1.82) is 0 Å². The summed E-state index contributed by atoms with van der Waals surface area (Å²) in [5.74, 6) is 0.345. The largest absolute Gasteiger partial charge is 0.493 e. The van der Waals surface area contributed by atoms with Gasteiger partial charge in [0.1, 0.15) is 12.5 Å². The minimum Gasteiger partial charge on any atom is -0.493 e. The number of carbonyl (C=O) groups excluding carboxylic acids is 1. The van der Waals surface area contributed by atoms with E-state index in [9.17, 15) is 4.79 Å². The number of carbonyl (C=O) groups is 1. The number of aromatic nitrogens is 1. The maximum atomic E-state index is 11.9. The third-order valence-electron chi connectivity index (χ3n) is 3.07. The van der Waals surface area contributed by atoms with Gasteiger partial charge in [0, 0.05) is 12.4 Å². The molecule has 1 aromatic carbocycles. The number of pyridine rings is 1. The van der Waals surface area contributed by atoms with Gasteiger partial charge in [-0.05, 0) is 29.8 Å². The molecule has 0 fully saturated rings. The first kappa shape index (κ1) is 14.8. The Morgan fingerprint density at radius 3 is 2.38 bits per heavy atom. The third kappa shape index (κ3) is 3.72. The zero-order valence-electron chi connectivity index (χ0n) is 12.0. The van der Waals surface area contributed by atoms with Gasteiger partial charge < -0.3 is 14.2 Å². The fourth-order valence-electron chi connectivity index (χ4n) is 1.95. The van der Waals surface area contributed by atoms with Gasteiger partial charge in [0.05, 0.1) is 14.2 Å². The lowest BCUT2D eigenvalue weighted by Crippen LogP contribution is -2.21. The molecule has 110 valence electrons. The second kappa shape index (κ2) is 7.28. The van der Waals surface area contributed by atoms with Crippen LogP contribution in [0.3, 0.4) is 0 Å². The number of benzene rings is 1. The lowest BCUT2D eigenvalue weighted by Gasteiger charge is -2.17. The van der Waals surface area contributed by atoms with Crippen LogP contribution in [0.5, 0.6) is 11.5 Å². The fraction of sp³-hybridized carbons (Fsp3) is 0.250. The van der Waals surface area contributed by atoms with E-state index in [0.29, 0.717) is 11.5 Å². The Morgan fingerprint density at radius 1 is 1.10 bits per heavy atom. The molecule has 0 saturated carbocycles. The van der Waals surface area contributed by atoms with Crippen LogP contribution in [0.1, 0.15) is 11.5 Å². The van der Waals surface area contributed by atoms with Crippen LogP contribution in [0.15, 0.2) is 48.8 Å². The Labute approximate surface area is 123 Å². The Balaban J connectivity index is 2.15. The summed E-state index contributed by atoms with van der Waals surface area (Å²) >= 11 is 0. The van der Waals surface area contributed by atoms with Crippen LogP contribution in [0.25, 0.3) is 0 Å². The lowest BCUT2D eigenvalue weighted by molar-refractivity contribution is -0.143. The van der Waals surface area contributed by atoms with Gasteiger partial charge in [-0.2, -0.15) is 0 Å². The molecule has 1 unspecified atom stereocenters. The van der Waals surface area contributed by atoms with Gasteiger partial charge in [0.2, 0.25) is 0 Å². The maximum absolute atomic E-state index is 11.9. The molecular formula is C16H17NO4. The number of hydrogen-bond acceptors (Lipinski definition) is 5. The lowest BCUT2D eigenvalue weighted by atomic mass is 10.0. The van der Waals surface area contributed by atoms with Crippen LogP contribution in [-0.4, -0.2) is 31.8 Å². The van der Waals surface area contributed by atoms with Crippen molar-refractivity contribution >= 4 is 5.97 Å². The summed E-state index contributed by atoms with van der Waals surface area (Å²) in [6.07, 6.45) is 3.27. The molecule has 0 spiro atoms. The predicted octanol–water partition coefficient (Wildman–Crippen LogP) is 2.43. The molecule has 5 heteroatoms. The van der Waals surface area contributed by atoms with Crippen LogP contribution in [0.2, 0.25) is 0 Å². The maximum Gasteiger partial charge on any atom is 0.316 e. The number of ether oxygens (including phenoxy) is 3. The number of esters is 1. The van der Waals surface area contributed by atoms with Crippen molar-refractivity contribution in [1.82, 2.24) is 4.98 Å². The SMILES string of the molecule is COC(=O)C(COc1ccccc1OC)c1ccncc1. The van der Waals surface area contributed by atoms with E-state index in [-0.39, 0.29) is 12.6 Å². The second-order valence-electron chi connectivity index (χ2n) is 4.32. The summed E-state index contributed by atoms with van der Waals surface area (Å²) < 4.78 is 15.8. The van der Waals surface area contributed by atoms with Crippen molar-refractivity contribution in [3.05, 3.63) is 54.4 Å². The van der Waals surface area contributed by atoms with Crippen molar-refractivity contribution in [2.75, 3.05) is 20.8 Å².